The molecule has 1 aromatic rings. The summed E-state index contributed by atoms with van der Waals surface area (Å²) in [7, 11) is 0. The van der Waals surface area contributed by atoms with Gasteiger partial charge in [0, 0.05) is 0 Å². The molecule has 0 fully saturated rings. The van der Waals surface area contributed by atoms with Gasteiger partial charge in [0.1, 0.15) is 5.75 Å². The van der Waals surface area contributed by atoms with Gasteiger partial charge in [0.25, 0.3) is 0 Å². The van der Waals surface area contributed by atoms with Gasteiger partial charge in [-0.05, 0) is 23.8 Å². The van der Waals surface area contributed by atoms with Crippen LogP contribution in [0.25, 0.3) is 6.08 Å². The monoisotopic (exact) mass is 213 g/mol. The summed E-state index contributed by atoms with van der Waals surface area (Å²) in [5, 5.41) is 10.1. The second-order valence-corrected chi connectivity index (χ2v) is 2.60. The number of carbonyl (C=O) groups excluding carboxylic acids is 1. The lowest BCUT2D eigenvalue weighted by molar-refractivity contribution is -0.297. The molecule has 1 rings (SSSR count). The molecule has 15 heavy (non-hydrogen) atoms. The maximum Gasteiger partial charge on any atom is 0.387 e. The highest BCUT2D eigenvalue weighted by molar-refractivity contribution is 5.83. The van der Waals surface area contributed by atoms with Crippen LogP contribution in [-0.4, -0.2) is 12.6 Å². The van der Waals surface area contributed by atoms with E-state index in [1.165, 1.54) is 30.3 Å². The van der Waals surface area contributed by atoms with Gasteiger partial charge in [-0.25, -0.2) is 0 Å². The van der Waals surface area contributed by atoms with Gasteiger partial charge in [0.15, 0.2) is 0 Å². The second kappa shape index (κ2) is 5.09. The standard InChI is InChI=1S/C10H8F2O3/c11-10(12)15-8-4-1-7(2-5-8)3-6-9(13)14/h1-6,10H,(H,13,14)/p-1/b6-3+. The fourth-order valence-corrected chi connectivity index (χ4v) is 0.925. The number of carboxylic acids is 1. The molecular weight excluding hydrogens is 206 g/mol. The molecule has 80 valence electrons. The summed E-state index contributed by atoms with van der Waals surface area (Å²) in [6, 6.07) is 5.55. The maximum atomic E-state index is 11.8. The molecule has 0 spiro atoms. The smallest absolute Gasteiger partial charge is 0.387 e. The lowest BCUT2D eigenvalue weighted by Gasteiger charge is -2.03. The number of benzene rings is 1. The van der Waals surface area contributed by atoms with Crippen molar-refractivity contribution in [2.45, 2.75) is 6.61 Å². The van der Waals surface area contributed by atoms with E-state index in [4.69, 9.17) is 0 Å². The normalized spacial score (nSPS) is 10.9. The molecule has 0 amide bonds. The zero-order valence-corrected chi connectivity index (χ0v) is 7.52. The van der Waals surface area contributed by atoms with E-state index in [9.17, 15) is 18.7 Å². The van der Waals surface area contributed by atoms with Crippen molar-refractivity contribution in [1.82, 2.24) is 0 Å². The molecule has 0 bridgehead atoms. The van der Waals surface area contributed by atoms with Crippen molar-refractivity contribution >= 4 is 12.0 Å². The van der Waals surface area contributed by atoms with Crippen LogP contribution < -0.4 is 9.84 Å². The van der Waals surface area contributed by atoms with Crippen LogP contribution in [0, 0.1) is 0 Å². The first-order valence-corrected chi connectivity index (χ1v) is 4.02. The molecule has 0 atom stereocenters. The number of hydrogen-bond donors (Lipinski definition) is 0. The Morgan fingerprint density at radius 3 is 2.40 bits per heavy atom. The van der Waals surface area contributed by atoms with Crippen molar-refractivity contribution in [2.75, 3.05) is 0 Å². The largest absolute Gasteiger partial charge is 0.545 e. The van der Waals surface area contributed by atoms with Gasteiger partial charge in [0.2, 0.25) is 0 Å². The summed E-state index contributed by atoms with van der Waals surface area (Å²) in [6.45, 7) is -2.87. The number of halogens is 2. The number of alkyl halides is 2. The zero-order chi connectivity index (χ0) is 11.3. The molecule has 0 saturated carbocycles. The first-order chi connectivity index (χ1) is 7.08. The number of carbonyl (C=O) groups is 1. The molecule has 0 radical (unpaired) electrons. The van der Waals surface area contributed by atoms with Crippen molar-refractivity contribution in [3.8, 4) is 5.75 Å². The summed E-state index contributed by atoms with van der Waals surface area (Å²) in [5.41, 5.74) is 0.556. The predicted octanol–water partition coefficient (Wildman–Crippen LogP) is 1.05. The van der Waals surface area contributed by atoms with Crippen molar-refractivity contribution in [2.24, 2.45) is 0 Å². The topological polar surface area (TPSA) is 49.4 Å². The highest BCUT2D eigenvalue weighted by Crippen LogP contribution is 2.15. The fraction of sp³-hybridized carbons (Fsp3) is 0.100. The van der Waals surface area contributed by atoms with Gasteiger partial charge in [-0.15, -0.1) is 0 Å². The van der Waals surface area contributed by atoms with Crippen molar-refractivity contribution in [3.05, 3.63) is 35.9 Å². The van der Waals surface area contributed by atoms with Gasteiger partial charge >= 0.3 is 6.61 Å². The average Bonchev–Trinajstić information content (AvgIpc) is 2.16. The van der Waals surface area contributed by atoms with E-state index >= 15 is 0 Å². The van der Waals surface area contributed by atoms with Crippen molar-refractivity contribution in [3.63, 3.8) is 0 Å². The van der Waals surface area contributed by atoms with Gasteiger partial charge in [-0.1, -0.05) is 18.2 Å². The predicted molar refractivity (Wildman–Crippen MR) is 47.1 cm³/mol. The van der Waals surface area contributed by atoms with E-state index < -0.39 is 12.6 Å². The van der Waals surface area contributed by atoms with E-state index in [2.05, 4.69) is 4.74 Å². The quantitative estimate of drug-likeness (QED) is 0.702. The van der Waals surface area contributed by atoms with E-state index in [1.807, 2.05) is 0 Å². The second-order valence-electron chi connectivity index (χ2n) is 2.60. The van der Waals surface area contributed by atoms with Crippen molar-refractivity contribution < 1.29 is 23.4 Å². The summed E-state index contributed by atoms with van der Waals surface area (Å²) >= 11 is 0. The lowest BCUT2D eigenvalue weighted by Crippen LogP contribution is -2.18. The first kappa shape index (κ1) is 11.2. The van der Waals surface area contributed by atoms with Gasteiger partial charge in [0.05, 0.1) is 5.97 Å². The third-order valence-corrected chi connectivity index (χ3v) is 1.52. The fourth-order valence-electron chi connectivity index (χ4n) is 0.925. The van der Waals surface area contributed by atoms with Crippen LogP contribution >= 0.6 is 0 Å². The Kier molecular flexibility index (Phi) is 3.79. The minimum Gasteiger partial charge on any atom is -0.545 e. The Labute approximate surface area is 84.6 Å². The van der Waals surface area contributed by atoms with E-state index in [0.29, 0.717) is 5.56 Å². The number of rotatable bonds is 4. The number of aliphatic carboxylic acids is 1. The highest BCUT2D eigenvalue weighted by Gasteiger charge is 2.02. The minimum atomic E-state index is -2.87. The Morgan fingerprint density at radius 1 is 1.33 bits per heavy atom. The Bertz CT molecular complexity index is 357. The van der Waals surface area contributed by atoms with Crippen LogP contribution in [0.5, 0.6) is 5.75 Å². The number of hydrogen-bond acceptors (Lipinski definition) is 3. The van der Waals surface area contributed by atoms with Crippen molar-refractivity contribution in [1.29, 1.82) is 0 Å². The van der Waals surface area contributed by atoms with Crippen LogP contribution in [0.15, 0.2) is 30.3 Å². The number of ether oxygens (including phenoxy) is 1. The molecule has 3 nitrogen and oxygen atoms in total. The third-order valence-electron chi connectivity index (χ3n) is 1.52. The van der Waals surface area contributed by atoms with Crippen LogP contribution in [0.4, 0.5) is 8.78 Å². The molecule has 0 aliphatic rings. The molecule has 0 N–H and O–H groups in total. The number of carboxylic acid groups (broad SMARTS) is 1. The highest BCUT2D eigenvalue weighted by atomic mass is 19.3. The molecule has 0 aromatic heterocycles. The molecule has 0 heterocycles. The molecule has 0 aliphatic heterocycles. The Hall–Kier alpha value is -1.91. The van der Waals surface area contributed by atoms with Gasteiger partial charge in [-0.2, -0.15) is 8.78 Å². The lowest BCUT2D eigenvalue weighted by atomic mass is 10.2. The zero-order valence-electron chi connectivity index (χ0n) is 7.52. The summed E-state index contributed by atoms with van der Waals surface area (Å²) < 4.78 is 27.6. The SMILES string of the molecule is O=C([O-])/C=C/c1ccc(OC(F)F)cc1. The van der Waals surface area contributed by atoms with Gasteiger partial charge < -0.3 is 14.6 Å². The minimum absolute atomic E-state index is 0.0237. The third kappa shape index (κ3) is 4.21. The van der Waals surface area contributed by atoms with Crippen LogP contribution in [-0.2, 0) is 4.79 Å². The summed E-state index contributed by atoms with van der Waals surface area (Å²) in [4.78, 5) is 10.1. The molecule has 5 heteroatoms. The molecule has 0 saturated heterocycles. The average molecular weight is 213 g/mol. The molecular formula is C10H7F2O3-. The van der Waals surface area contributed by atoms with Crippen LogP contribution in [0.2, 0.25) is 0 Å². The summed E-state index contributed by atoms with van der Waals surface area (Å²) in [6.07, 6.45) is 2.14. The molecule has 0 unspecified atom stereocenters. The van der Waals surface area contributed by atoms with E-state index in [-0.39, 0.29) is 5.75 Å². The molecule has 1 aromatic carbocycles. The van der Waals surface area contributed by atoms with E-state index in [0.717, 1.165) is 6.08 Å². The molecule has 0 aliphatic carbocycles. The van der Waals surface area contributed by atoms with E-state index in [1.54, 1.807) is 0 Å². The first-order valence-electron chi connectivity index (χ1n) is 4.02. The maximum absolute atomic E-state index is 11.8. The summed E-state index contributed by atoms with van der Waals surface area (Å²) in [5.74, 6) is -1.29. The van der Waals surface area contributed by atoms with Crippen LogP contribution in [0.3, 0.4) is 0 Å². The Balaban J connectivity index is 2.68. The van der Waals surface area contributed by atoms with Crippen LogP contribution in [0.1, 0.15) is 5.56 Å². The Morgan fingerprint density at radius 2 is 1.93 bits per heavy atom. The van der Waals surface area contributed by atoms with Gasteiger partial charge in [-0.3, -0.25) is 0 Å².